The van der Waals surface area contributed by atoms with Crippen molar-refractivity contribution in [1.82, 2.24) is 10.4 Å². The number of carbonyl (C=O) groups excluding carboxylic acids is 1. The van der Waals surface area contributed by atoms with Gasteiger partial charge >= 0.3 is 12.4 Å². The summed E-state index contributed by atoms with van der Waals surface area (Å²) in [6.45, 7) is 0. The lowest BCUT2D eigenvalue weighted by atomic mass is 10.2. The Balaban J connectivity index is 1.68. The molecular weight excluding hydrogens is 469 g/mol. The number of halogens is 4. The lowest BCUT2D eigenvalue weighted by molar-refractivity contribution is -0.274. The number of nitrogens with one attached hydrogen (secondary N) is 3. The van der Waals surface area contributed by atoms with Crippen molar-refractivity contribution in [3.8, 4) is 11.8 Å². The van der Waals surface area contributed by atoms with Crippen molar-refractivity contribution in [1.29, 1.82) is 5.26 Å². The van der Waals surface area contributed by atoms with E-state index in [1.165, 1.54) is 12.1 Å². The largest absolute Gasteiger partial charge is 0.573 e. The SMILES string of the molecule is N#Cc1ccc(NC(=NNC(=O)Nc2ccc(OC(F)(F)F)cc2)c2csc(Cl)n2)cc1. The van der Waals surface area contributed by atoms with Crippen LogP contribution in [-0.2, 0) is 0 Å². The van der Waals surface area contributed by atoms with Gasteiger partial charge in [0.05, 0.1) is 11.6 Å². The van der Waals surface area contributed by atoms with E-state index in [1.54, 1.807) is 29.6 Å². The Bertz CT molecular complexity index is 1160. The van der Waals surface area contributed by atoms with E-state index in [-0.39, 0.29) is 16.0 Å². The third-order valence-corrected chi connectivity index (χ3v) is 4.59. The van der Waals surface area contributed by atoms with Gasteiger partial charge in [0.15, 0.2) is 10.3 Å². The average Bonchev–Trinajstić information content (AvgIpc) is 3.18. The number of urea groups is 1. The number of hydrogen-bond donors (Lipinski definition) is 3. The van der Waals surface area contributed by atoms with Gasteiger partial charge in [-0.15, -0.1) is 24.5 Å². The Morgan fingerprint density at radius 2 is 1.72 bits per heavy atom. The number of thiazole rings is 1. The smallest absolute Gasteiger partial charge is 0.406 e. The van der Waals surface area contributed by atoms with Gasteiger partial charge in [0, 0.05) is 16.8 Å². The zero-order valence-electron chi connectivity index (χ0n) is 15.8. The number of amides is 2. The highest BCUT2D eigenvalue weighted by Gasteiger charge is 2.30. The van der Waals surface area contributed by atoms with Crippen LogP contribution in [-0.4, -0.2) is 23.2 Å². The first-order valence-electron chi connectivity index (χ1n) is 8.61. The molecule has 8 nitrogen and oxygen atoms in total. The summed E-state index contributed by atoms with van der Waals surface area (Å²) in [6.07, 6.45) is -4.81. The Morgan fingerprint density at radius 3 is 2.28 bits per heavy atom. The summed E-state index contributed by atoms with van der Waals surface area (Å²) in [5.74, 6) is -0.252. The van der Waals surface area contributed by atoms with Gasteiger partial charge in [-0.1, -0.05) is 11.6 Å². The first kappa shape index (κ1) is 22.9. The molecule has 0 saturated heterocycles. The molecular formula is C19H12ClF3N6O2S. The second-order valence-corrected chi connectivity index (χ2v) is 7.34. The fourth-order valence-corrected chi connectivity index (χ4v) is 3.03. The fourth-order valence-electron chi connectivity index (χ4n) is 2.28. The highest BCUT2D eigenvalue weighted by atomic mass is 35.5. The summed E-state index contributed by atoms with van der Waals surface area (Å²) in [4.78, 5) is 16.3. The second-order valence-electron chi connectivity index (χ2n) is 5.90. The minimum atomic E-state index is -4.81. The maximum atomic E-state index is 12.2. The number of nitriles is 1. The number of hydrogen-bond acceptors (Lipinski definition) is 6. The van der Waals surface area contributed by atoms with Crippen LogP contribution in [0.2, 0.25) is 4.47 Å². The van der Waals surface area contributed by atoms with Crippen molar-refractivity contribution in [2.24, 2.45) is 5.10 Å². The molecule has 0 aliphatic carbocycles. The minimum absolute atomic E-state index is 0.168. The molecule has 2 amide bonds. The number of amidine groups is 1. The molecule has 2 aromatic carbocycles. The van der Waals surface area contributed by atoms with Gasteiger partial charge in [0.25, 0.3) is 0 Å². The van der Waals surface area contributed by atoms with Crippen LogP contribution in [0.5, 0.6) is 5.75 Å². The van der Waals surface area contributed by atoms with Crippen molar-refractivity contribution >= 4 is 46.2 Å². The molecule has 0 bridgehead atoms. The van der Waals surface area contributed by atoms with Crippen molar-refractivity contribution in [3.63, 3.8) is 0 Å². The Hall–Kier alpha value is -3.82. The Kier molecular flexibility index (Phi) is 7.14. The summed E-state index contributed by atoms with van der Waals surface area (Å²) in [6, 6.07) is 12.3. The number of hydrazone groups is 1. The normalized spacial score (nSPS) is 11.4. The van der Waals surface area contributed by atoms with Crippen LogP contribution in [0.4, 0.5) is 29.3 Å². The predicted octanol–water partition coefficient (Wildman–Crippen LogP) is 5.16. The molecule has 32 heavy (non-hydrogen) atoms. The highest BCUT2D eigenvalue weighted by molar-refractivity contribution is 7.14. The van der Waals surface area contributed by atoms with Crippen molar-refractivity contribution in [2.45, 2.75) is 6.36 Å². The number of carbonyl (C=O) groups is 1. The number of ether oxygens (including phenoxy) is 1. The molecule has 0 spiro atoms. The number of nitrogens with zero attached hydrogens (tertiary/aromatic N) is 3. The molecule has 0 aliphatic rings. The van der Waals surface area contributed by atoms with Crippen LogP contribution in [0, 0.1) is 11.3 Å². The molecule has 1 heterocycles. The van der Waals surface area contributed by atoms with Crippen LogP contribution in [0.1, 0.15) is 11.3 Å². The van der Waals surface area contributed by atoms with E-state index in [2.05, 4.69) is 30.9 Å². The van der Waals surface area contributed by atoms with Gasteiger partial charge in [-0.2, -0.15) is 10.4 Å². The molecule has 1 aromatic heterocycles. The van der Waals surface area contributed by atoms with Crippen molar-refractivity contribution in [3.05, 3.63) is 69.6 Å². The zero-order chi connectivity index (χ0) is 23.1. The molecule has 164 valence electrons. The summed E-state index contributed by atoms with van der Waals surface area (Å²) in [5, 5.41) is 19.9. The molecule has 0 saturated carbocycles. The van der Waals surface area contributed by atoms with E-state index in [9.17, 15) is 18.0 Å². The number of alkyl halides is 3. The number of anilines is 2. The highest BCUT2D eigenvalue weighted by Crippen LogP contribution is 2.24. The topological polar surface area (TPSA) is 111 Å². The Morgan fingerprint density at radius 1 is 1.09 bits per heavy atom. The van der Waals surface area contributed by atoms with Crippen LogP contribution < -0.4 is 20.8 Å². The van der Waals surface area contributed by atoms with E-state index in [0.717, 1.165) is 23.5 Å². The summed E-state index contributed by atoms with van der Waals surface area (Å²) < 4.78 is 40.7. The van der Waals surface area contributed by atoms with Crippen molar-refractivity contribution < 1.29 is 22.7 Å². The lowest BCUT2D eigenvalue weighted by Gasteiger charge is -2.10. The summed E-state index contributed by atoms with van der Waals surface area (Å²) in [7, 11) is 0. The maximum Gasteiger partial charge on any atom is 0.573 e. The lowest BCUT2D eigenvalue weighted by Crippen LogP contribution is -2.27. The second kappa shape index (κ2) is 9.99. The van der Waals surface area contributed by atoms with E-state index in [1.807, 2.05) is 6.07 Å². The van der Waals surface area contributed by atoms with E-state index < -0.39 is 18.1 Å². The quantitative estimate of drug-likeness (QED) is 0.265. The summed E-state index contributed by atoms with van der Waals surface area (Å²) in [5.41, 5.74) is 3.89. The van der Waals surface area contributed by atoms with E-state index >= 15 is 0 Å². The van der Waals surface area contributed by atoms with Gasteiger partial charge in [0.2, 0.25) is 0 Å². The van der Waals surface area contributed by atoms with Crippen LogP contribution >= 0.6 is 22.9 Å². The monoisotopic (exact) mass is 480 g/mol. The maximum absolute atomic E-state index is 12.2. The molecule has 0 aliphatic heterocycles. The standard InChI is InChI=1S/C19H12ClF3N6O2S/c20-17-27-15(10-32-17)16(25-12-3-1-11(9-24)2-4-12)28-29-18(30)26-13-5-7-14(8-6-13)31-19(21,22)23/h1-8,10H,(H,25,28)(H2,26,29,30). The molecule has 0 unspecified atom stereocenters. The van der Waals surface area contributed by atoms with E-state index in [0.29, 0.717) is 16.9 Å². The molecule has 3 N–H and O–H groups in total. The number of aromatic nitrogens is 1. The Labute approximate surface area is 188 Å². The van der Waals surface area contributed by atoms with Crippen LogP contribution in [0.3, 0.4) is 0 Å². The third kappa shape index (κ3) is 6.86. The van der Waals surface area contributed by atoms with Gasteiger partial charge in [0.1, 0.15) is 11.4 Å². The van der Waals surface area contributed by atoms with E-state index in [4.69, 9.17) is 16.9 Å². The predicted molar refractivity (Wildman–Crippen MR) is 114 cm³/mol. The van der Waals surface area contributed by atoms with Crippen molar-refractivity contribution in [2.75, 3.05) is 10.6 Å². The minimum Gasteiger partial charge on any atom is -0.406 e. The summed E-state index contributed by atoms with van der Waals surface area (Å²) >= 11 is 7.04. The van der Waals surface area contributed by atoms with Crippen LogP contribution in [0.25, 0.3) is 0 Å². The molecule has 0 fully saturated rings. The molecule has 13 heteroatoms. The molecule has 3 rings (SSSR count). The van der Waals surface area contributed by atoms with Gasteiger partial charge in [-0.05, 0) is 48.5 Å². The molecule has 3 aromatic rings. The average molecular weight is 481 g/mol. The fraction of sp³-hybridized carbons (Fsp3) is 0.0526. The first-order valence-corrected chi connectivity index (χ1v) is 9.87. The number of rotatable bonds is 5. The molecule has 0 atom stereocenters. The van der Waals surface area contributed by atoms with Crippen LogP contribution in [0.15, 0.2) is 59.0 Å². The van der Waals surface area contributed by atoms with Gasteiger partial charge < -0.3 is 15.4 Å². The number of benzene rings is 2. The van der Waals surface area contributed by atoms with Gasteiger partial charge in [-0.25, -0.2) is 15.2 Å². The first-order chi connectivity index (χ1) is 15.2. The zero-order valence-corrected chi connectivity index (χ0v) is 17.3. The molecule has 0 radical (unpaired) electrons. The third-order valence-electron chi connectivity index (χ3n) is 3.61. The van der Waals surface area contributed by atoms with Gasteiger partial charge in [-0.3, -0.25) is 0 Å².